The Kier molecular flexibility index (Phi) is 4.19. The lowest BCUT2D eigenvalue weighted by atomic mass is 10.2. The molecule has 1 N–H and O–H groups in total. The summed E-state index contributed by atoms with van der Waals surface area (Å²) in [6.45, 7) is 2.45. The van der Waals surface area contributed by atoms with Gasteiger partial charge in [-0.15, -0.1) is 17.0 Å². The minimum absolute atomic E-state index is 0. The van der Waals surface area contributed by atoms with E-state index in [-0.39, 0.29) is 17.0 Å². The van der Waals surface area contributed by atoms with Gasteiger partial charge in [0.05, 0.1) is 6.54 Å². The molecule has 2 rings (SSSR count). The molecule has 0 unspecified atom stereocenters. The number of carbonyl (C=O) groups is 1. The van der Waals surface area contributed by atoms with Crippen LogP contribution in [0.2, 0.25) is 0 Å². The highest BCUT2D eigenvalue weighted by Crippen LogP contribution is 2.23. The van der Waals surface area contributed by atoms with Crippen LogP contribution in [0, 0.1) is 0 Å². The molecule has 1 heterocycles. The van der Waals surface area contributed by atoms with Crippen molar-refractivity contribution < 1.29 is 4.79 Å². The first kappa shape index (κ1) is 11.0. The summed E-state index contributed by atoms with van der Waals surface area (Å²) in [4.78, 5) is 13.5. The third-order valence-electron chi connectivity index (χ3n) is 2.89. The standard InChI is InChI=1S/C9H16N2O.BrH/c12-9-7-10-5-6-11(9)8-3-1-2-4-8;/h8,10H,1-7H2;1H. The van der Waals surface area contributed by atoms with E-state index in [0.29, 0.717) is 18.5 Å². The van der Waals surface area contributed by atoms with E-state index in [1.165, 1.54) is 25.7 Å². The fourth-order valence-corrected chi connectivity index (χ4v) is 2.22. The molecule has 4 heteroatoms. The van der Waals surface area contributed by atoms with E-state index in [1.807, 2.05) is 0 Å². The number of nitrogens with zero attached hydrogens (tertiary/aromatic N) is 1. The van der Waals surface area contributed by atoms with Crippen molar-refractivity contribution in [1.29, 1.82) is 0 Å². The largest absolute Gasteiger partial charge is 0.337 e. The number of piperazine rings is 1. The van der Waals surface area contributed by atoms with Gasteiger partial charge in [-0.25, -0.2) is 0 Å². The maximum atomic E-state index is 11.4. The van der Waals surface area contributed by atoms with E-state index in [9.17, 15) is 4.79 Å². The van der Waals surface area contributed by atoms with Crippen molar-refractivity contribution >= 4 is 22.9 Å². The fraction of sp³-hybridized carbons (Fsp3) is 0.889. The molecular weight excluding hydrogens is 232 g/mol. The number of hydrogen-bond acceptors (Lipinski definition) is 2. The van der Waals surface area contributed by atoms with Gasteiger partial charge in [0.2, 0.25) is 5.91 Å². The first-order valence-electron chi connectivity index (χ1n) is 4.88. The van der Waals surface area contributed by atoms with Crippen LogP contribution in [0.25, 0.3) is 0 Å². The molecular formula is C9H17BrN2O. The maximum absolute atomic E-state index is 11.4. The Labute approximate surface area is 89.6 Å². The third kappa shape index (κ3) is 2.44. The van der Waals surface area contributed by atoms with E-state index in [1.54, 1.807) is 0 Å². The van der Waals surface area contributed by atoms with Crippen LogP contribution in [-0.4, -0.2) is 36.5 Å². The van der Waals surface area contributed by atoms with Crippen molar-refractivity contribution in [3.8, 4) is 0 Å². The number of halogens is 1. The van der Waals surface area contributed by atoms with E-state index in [4.69, 9.17) is 0 Å². The van der Waals surface area contributed by atoms with Gasteiger partial charge in [-0.05, 0) is 12.8 Å². The Morgan fingerprint density at radius 3 is 2.62 bits per heavy atom. The average Bonchev–Trinajstić information content (AvgIpc) is 2.57. The van der Waals surface area contributed by atoms with Crippen molar-refractivity contribution in [2.75, 3.05) is 19.6 Å². The molecule has 1 saturated carbocycles. The van der Waals surface area contributed by atoms with Gasteiger partial charge < -0.3 is 10.2 Å². The molecule has 1 saturated heterocycles. The van der Waals surface area contributed by atoms with Crippen LogP contribution in [-0.2, 0) is 4.79 Å². The first-order chi connectivity index (χ1) is 5.88. The quantitative estimate of drug-likeness (QED) is 0.750. The molecule has 13 heavy (non-hydrogen) atoms. The zero-order chi connectivity index (χ0) is 8.39. The molecule has 1 aliphatic heterocycles. The number of nitrogens with one attached hydrogen (secondary N) is 1. The molecule has 2 aliphatic rings. The summed E-state index contributed by atoms with van der Waals surface area (Å²) < 4.78 is 0. The van der Waals surface area contributed by atoms with E-state index >= 15 is 0 Å². The van der Waals surface area contributed by atoms with Gasteiger partial charge in [-0.1, -0.05) is 12.8 Å². The average molecular weight is 249 g/mol. The second-order valence-corrected chi connectivity index (χ2v) is 3.70. The Bertz CT molecular complexity index is 180. The molecule has 1 aliphatic carbocycles. The molecule has 0 aromatic heterocycles. The molecule has 0 aromatic carbocycles. The summed E-state index contributed by atoms with van der Waals surface area (Å²) in [7, 11) is 0. The monoisotopic (exact) mass is 248 g/mol. The van der Waals surface area contributed by atoms with E-state index in [0.717, 1.165) is 13.1 Å². The molecule has 76 valence electrons. The molecule has 2 fully saturated rings. The normalized spacial score (nSPS) is 24.6. The second-order valence-electron chi connectivity index (χ2n) is 3.70. The predicted molar refractivity (Wildman–Crippen MR) is 57.2 cm³/mol. The van der Waals surface area contributed by atoms with Crippen molar-refractivity contribution in [2.24, 2.45) is 0 Å². The number of carbonyl (C=O) groups excluding carboxylic acids is 1. The lowest BCUT2D eigenvalue weighted by molar-refractivity contribution is -0.134. The first-order valence-corrected chi connectivity index (χ1v) is 4.88. The van der Waals surface area contributed by atoms with Gasteiger partial charge in [-0.2, -0.15) is 0 Å². The zero-order valence-corrected chi connectivity index (χ0v) is 9.50. The molecule has 0 bridgehead atoms. The van der Waals surface area contributed by atoms with Crippen LogP contribution in [0.4, 0.5) is 0 Å². The smallest absolute Gasteiger partial charge is 0.236 e. The lowest BCUT2D eigenvalue weighted by Crippen LogP contribution is -2.51. The number of amides is 1. The predicted octanol–water partition coefficient (Wildman–Crippen LogP) is 0.939. The molecule has 3 nitrogen and oxygen atoms in total. The molecule has 1 amide bonds. The minimum atomic E-state index is 0. The molecule has 0 atom stereocenters. The van der Waals surface area contributed by atoms with Crippen molar-refractivity contribution in [2.45, 2.75) is 31.7 Å². The molecule has 0 spiro atoms. The Morgan fingerprint density at radius 1 is 1.31 bits per heavy atom. The Morgan fingerprint density at radius 2 is 2.00 bits per heavy atom. The summed E-state index contributed by atoms with van der Waals surface area (Å²) in [6, 6.07) is 0.569. The minimum Gasteiger partial charge on any atom is -0.337 e. The van der Waals surface area contributed by atoms with Crippen molar-refractivity contribution in [3.05, 3.63) is 0 Å². The van der Waals surface area contributed by atoms with Crippen LogP contribution in [0.5, 0.6) is 0 Å². The number of hydrogen-bond donors (Lipinski definition) is 1. The van der Waals surface area contributed by atoms with Crippen molar-refractivity contribution in [3.63, 3.8) is 0 Å². The summed E-state index contributed by atoms with van der Waals surface area (Å²) >= 11 is 0. The van der Waals surface area contributed by atoms with Gasteiger partial charge in [0.1, 0.15) is 0 Å². The van der Waals surface area contributed by atoms with E-state index < -0.39 is 0 Å². The van der Waals surface area contributed by atoms with Gasteiger partial charge in [0.15, 0.2) is 0 Å². The van der Waals surface area contributed by atoms with Crippen LogP contribution < -0.4 is 5.32 Å². The second kappa shape index (κ2) is 4.96. The highest BCUT2D eigenvalue weighted by Gasteiger charge is 2.27. The summed E-state index contributed by atoms with van der Waals surface area (Å²) in [5, 5.41) is 3.10. The SMILES string of the molecule is Br.O=C1CNCCN1C1CCCC1. The Hall–Kier alpha value is -0.0900. The highest BCUT2D eigenvalue weighted by atomic mass is 79.9. The highest BCUT2D eigenvalue weighted by molar-refractivity contribution is 8.93. The zero-order valence-electron chi connectivity index (χ0n) is 7.79. The third-order valence-corrected chi connectivity index (χ3v) is 2.89. The maximum Gasteiger partial charge on any atom is 0.236 e. The fourth-order valence-electron chi connectivity index (χ4n) is 2.22. The molecule has 0 aromatic rings. The number of rotatable bonds is 1. The summed E-state index contributed by atoms with van der Waals surface area (Å²) in [5.74, 6) is 0.299. The van der Waals surface area contributed by atoms with Crippen molar-refractivity contribution in [1.82, 2.24) is 10.2 Å². The Balaban J connectivity index is 0.000000845. The van der Waals surface area contributed by atoms with Crippen LogP contribution in [0.1, 0.15) is 25.7 Å². The van der Waals surface area contributed by atoms with Gasteiger partial charge in [-0.3, -0.25) is 4.79 Å². The van der Waals surface area contributed by atoms with Gasteiger partial charge >= 0.3 is 0 Å². The van der Waals surface area contributed by atoms with Crippen LogP contribution >= 0.6 is 17.0 Å². The topological polar surface area (TPSA) is 32.3 Å². The van der Waals surface area contributed by atoms with E-state index in [2.05, 4.69) is 10.2 Å². The van der Waals surface area contributed by atoms with Gasteiger partial charge in [0.25, 0.3) is 0 Å². The summed E-state index contributed by atoms with van der Waals surface area (Å²) in [6.07, 6.45) is 5.07. The van der Waals surface area contributed by atoms with Gasteiger partial charge in [0, 0.05) is 19.1 Å². The molecule has 0 radical (unpaired) electrons. The summed E-state index contributed by atoms with van der Waals surface area (Å²) in [5.41, 5.74) is 0. The van der Waals surface area contributed by atoms with Crippen LogP contribution in [0.3, 0.4) is 0 Å². The lowest BCUT2D eigenvalue weighted by Gasteiger charge is -2.32. The van der Waals surface area contributed by atoms with Crippen LogP contribution in [0.15, 0.2) is 0 Å².